The zero-order chi connectivity index (χ0) is 23.9. The van der Waals surface area contributed by atoms with E-state index in [2.05, 4.69) is 19.2 Å². The van der Waals surface area contributed by atoms with Crippen molar-refractivity contribution in [1.82, 2.24) is 9.88 Å². The van der Waals surface area contributed by atoms with Crippen molar-refractivity contribution in [2.75, 3.05) is 18.4 Å². The Bertz CT molecular complexity index is 990. The summed E-state index contributed by atoms with van der Waals surface area (Å²) in [6.45, 7) is 11.9. The molecule has 1 fully saturated rings. The predicted molar refractivity (Wildman–Crippen MR) is 131 cm³/mol. The fourth-order valence-corrected chi connectivity index (χ4v) is 7.55. The van der Waals surface area contributed by atoms with Crippen LogP contribution in [-0.2, 0) is 11.2 Å². The molecule has 1 amide bonds. The van der Waals surface area contributed by atoms with E-state index < -0.39 is 6.10 Å². The lowest BCUT2D eigenvalue weighted by molar-refractivity contribution is -0.144. The summed E-state index contributed by atoms with van der Waals surface area (Å²) < 4.78 is 13.2. The minimum Gasteiger partial charge on any atom is -0.392 e. The van der Waals surface area contributed by atoms with Crippen LogP contribution in [0.5, 0.6) is 0 Å². The number of nitrogens with one attached hydrogen (secondary N) is 1. The first-order valence-corrected chi connectivity index (χ1v) is 13.0. The van der Waals surface area contributed by atoms with Gasteiger partial charge in [0.2, 0.25) is 5.91 Å². The van der Waals surface area contributed by atoms with E-state index in [0.29, 0.717) is 13.1 Å². The number of aliphatic hydroxyl groups excluding tert-OH is 1. The summed E-state index contributed by atoms with van der Waals surface area (Å²) in [6.07, 6.45) is 2.22. The lowest BCUT2D eigenvalue weighted by Crippen LogP contribution is -2.53. The molecule has 1 aromatic heterocycles. The number of aromatic nitrogens is 1. The normalized spacial score (nSPS) is 29.7. The van der Waals surface area contributed by atoms with Gasteiger partial charge < -0.3 is 15.3 Å². The fraction of sp³-hybridized carbons (Fsp3) is 0.615. The number of carbonyl (C=O) groups is 1. The Kier molecular flexibility index (Phi) is 6.83. The Morgan fingerprint density at radius 2 is 2.00 bits per heavy atom. The van der Waals surface area contributed by atoms with Crippen LogP contribution in [-0.4, -0.2) is 40.1 Å². The monoisotopic (exact) mass is 473 g/mol. The first kappa shape index (κ1) is 24.1. The molecular formula is C26H36FN3O2S. The van der Waals surface area contributed by atoms with Crippen LogP contribution in [0.4, 0.5) is 15.2 Å². The van der Waals surface area contributed by atoms with Gasteiger partial charge in [0.15, 0.2) is 5.13 Å². The lowest BCUT2D eigenvalue weighted by Gasteiger charge is -2.53. The number of aliphatic hydroxyl groups is 1. The first-order valence-electron chi connectivity index (χ1n) is 12.2. The van der Waals surface area contributed by atoms with Gasteiger partial charge in [0.25, 0.3) is 0 Å². The van der Waals surface area contributed by atoms with Gasteiger partial charge in [0.05, 0.1) is 11.8 Å². The standard InChI is InChI=1S/C26H36FN3O2S/c1-6-30(7-2)24(32)15(3)19-12-13-26(5)14-20-22(16(4)21(26)23(19)31)29-25(33-20)28-18-10-8-17(27)9-11-18/h8-11,15-16,19,21,23,31H,6-7,12-14H2,1-5H3,(H,28,29)/t15-,16-,19+,21+,23-,26+/m0/s1. The third kappa shape index (κ3) is 4.42. The number of fused-ring (bicyclic) bond motifs is 2. The summed E-state index contributed by atoms with van der Waals surface area (Å²) in [5.41, 5.74) is 1.84. The molecule has 6 atom stereocenters. The number of benzene rings is 1. The quantitative estimate of drug-likeness (QED) is 0.575. The number of rotatable bonds is 6. The maximum absolute atomic E-state index is 13.2. The Morgan fingerprint density at radius 3 is 2.64 bits per heavy atom. The molecule has 0 bridgehead atoms. The molecule has 2 aromatic rings. The van der Waals surface area contributed by atoms with E-state index in [9.17, 15) is 14.3 Å². The largest absolute Gasteiger partial charge is 0.392 e. The predicted octanol–water partition coefficient (Wildman–Crippen LogP) is 5.58. The number of halogens is 1. The highest BCUT2D eigenvalue weighted by atomic mass is 32.1. The van der Waals surface area contributed by atoms with Gasteiger partial charge in [-0.1, -0.05) is 20.8 Å². The molecule has 2 aliphatic rings. The molecule has 0 saturated heterocycles. The third-order valence-electron chi connectivity index (χ3n) is 8.12. The van der Waals surface area contributed by atoms with Crippen LogP contribution in [0.15, 0.2) is 24.3 Å². The molecule has 0 aliphatic heterocycles. The van der Waals surface area contributed by atoms with Gasteiger partial charge in [-0.2, -0.15) is 0 Å². The van der Waals surface area contributed by atoms with Gasteiger partial charge in [0, 0.05) is 35.5 Å². The number of thiazole rings is 1. The van der Waals surface area contributed by atoms with Crippen LogP contribution in [0.25, 0.3) is 0 Å². The summed E-state index contributed by atoms with van der Waals surface area (Å²) in [6, 6.07) is 6.29. The Morgan fingerprint density at radius 1 is 1.33 bits per heavy atom. The van der Waals surface area contributed by atoms with Crippen molar-refractivity contribution in [2.24, 2.45) is 23.2 Å². The second kappa shape index (κ2) is 9.34. The molecule has 2 aliphatic carbocycles. The number of nitrogens with zero attached hydrogens (tertiary/aromatic N) is 2. The molecule has 7 heteroatoms. The van der Waals surface area contributed by atoms with Crippen LogP contribution in [0.3, 0.4) is 0 Å². The Labute approximate surface area is 200 Å². The molecule has 5 nitrogen and oxygen atoms in total. The highest BCUT2D eigenvalue weighted by Crippen LogP contribution is 2.57. The average molecular weight is 474 g/mol. The summed E-state index contributed by atoms with van der Waals surface area (Å²) in [7, 11) is 0. The van der Waals surface area contributed by atoms with E-state index in [-0.39, 0.29) is 40.8 Å². The van der Waals surface area contributed by atoms with Gasteiger partial charge in [-0.3, -0.25) is 4.79 Å². The van der Waals surface area contributed by atoms with Crippen LogP contribution >= 0.6 is 11.3 Å². The van der Waals surface area contributed by atoms with Crippen molar-refractivity contribution in [1.29, 1.82) is 0 Å². The van der Waals surface area contributed by atoms with Gasteiger partial charge in [-0.05, 0) is 74.6 Å². The van der Waals surface area contributed by atoms with Gasteiger partial charge >= 0.3 is 0 Å². The zero-order valence-corrected chi connectivity index (χ0v) is 21.1. The van der Waals surface area contributed by atoms with Crippen molar-refractivity contribution >= 4 is 28.1 Å². The maximum Gasteiger partial charge on any atom is 0.225 e. The second-order valence-electron chi connectivity index (χ2n) is 10.1. The Balaban J connectivity index is 1.57. The minimum atomic E-state index is -0.531. The molecule has 1 heterocycles. The summed E-state index contributed by atoms with van der Waals surface area (Å²) >= 11 is 1.66. The zero-order valence-electron chi connectivity index (χ0n) is 20.3. The highest BCUT2D eigenvalue weighted by molar-refractivity contribution is 7.15. The number of amides is 1. The first-order chi connectivity index (χ1) is 15.7. The molecule has 2 N–H and O–H groups in total. The third-order valence-corrected chi connectivity index (χ3v) is 9.11. The molecule has 180 valence electrons. The number of hydrogen-bond acceptors (Lipinski definition) is 5. The summed E-state index contributed by atoms with van der Waals surface area (Å²) in [4.78, 5) is 21.1. The van der Waals surface area contributed by atoms with E-state index in [1.54, 1.807) is 23.5 Å². The maximum atomic E-state index is 13.2. The van der Waals surface area contributed by atoms with Crippen LogP contribution in [0.1, 0.15) is 63.9 Å². The molecule has 33 heavy (non-hydrogen) atoms. The smallest absolute Gasteiger partial charge is 0.225 e. The van der Waals surface area contributed by atoms with Crippen molar-refractivity contribution in [2.45, 2.75) is 65.9 Å². The van der Waals surface area contributed by atoms with Crippen molar-refractivity contribution < 1.29 is 14.3 Å². The number of anilines is 2. The lowest BCUT2D eigenvalue weighted by atomic mass is 9.53. The average Bonchev–Trinajstić information content (AvgIpc) is 3.17. The highest BCUT2D eigenvalue weighted by Gasteiger charge is 2.54. The molecule has 4 rings (SSSR count). The van der Waals surface area contributed by atoms with Gasteiger partial charge in [-0.15, -0.1) is 11.3 Å². The summed E-state index contributed by atoms with van der Waals surface area (Å²) in [5.74, 6) is -0.165. The molecule has 0 unspecified atom stereocenters. The second-order valence-corrected chi connectivity index (χ2v) is 11.2. The van der Waals surface area contributed by atoms with Gasteiger partial charge in [0.1, 0.15) is 5.82 Å². The topological polar surface area (TPSA) is 65.5 Å². The number of carbonyl (C=O) groups excluding carboxylic acids is 1. The van der Waals surface area contributed by atoms with Gasteiger partial charge in [-0.25, -0.2) is 9.37 Å². The SMILES string of the molecule is CCN(CC)C(=O)[C@@H](C)[C@H]1CC[C@]2(C)Cc3sc(Nc4ccc(F)cc4)nc3[C@@H](C)[C@@H]2[C@H]1O. The van der Waals surface area contributed by atoms with Crippen LogP contribution in [0, 0.1) is 29.0 Å². The van der Waals surface area contributed by atoms with Crippen molar-refractivity contribution in [3.05, 3.63) is 40.7 Å². The molecule has 0 radical (unpaired) electrons. The molecular weight excluding hydrogens is 437 g/mol. The molecule has 1 saturated carbocycles. The van der Waals surface area contributed by atoms with Crippen molar-refractivity contribution in [3.8, 4) is 0 Å². The number of hydrogen-bond donors (Lipinski definition) is 2. The van der Waals surface area contributed by atoms with Crippen LogP contribution < -0.4 is 5.32 Å². The van der Waals surface area contributed by atoms with E-state index in [1.165, 1.54) is 17.0 Å². The minimum absolute atomic E-state index is 0.0139. The van der Waals surface area contributed by atoms with Crippen LogP contribution in [0.2, 0.25) is 0 Å². The van der Waals surface area contributed by atoms with E-state index in [1.807, 2.05) is 25.7 Å². The fourth-order valence-electron chi connectivity index (χ4n) is 6.26. The Hall–Kier alpha value is -1.99. The van der Waals surface area contributed by atoms with E-state index in [0.717, 1.165) is 35.8 Å². The molecule has 0 spiro atoms. The molecule has 1 aromatic carbocycles. The van der Waals surface area contributed by atoms with E-state index >= 15 is 0 Å². The van der Waals surface area contributed by atoms with E-state index in [4.69, 9.17) is 4.98 Å². The van der Waals surface area contributed by atoms with Crippen molar-refractivity contribution in [3.63, 3.8) is 0 Å². The summed E-state index contributed by atoms with van der Waals surface area (Å²) in [5, 5.41) is 15.7.